The third-order valence-corrected chi connectivity index (χ3v) is 5.78. The van der Waals surface area contributed by atoms with E-state index in [9.17, 15) is 0 Å². The van der Waals surface area contributed by atoms with E-state index in [-0.39, 0.29) is 0 Å². The quantitative estimate of drug-likeness (QED) is 0.403. The minimum Gasteiger partial charge on any atom is -0.488 e. The van der Waals surface area contributed by atoms with Gasteiger partial charge in [0.15, 0.2) is 5.75 Å². The maximum atomic E-state index is 6.42. The van der Waals surface area contributed by atoms with Crippen LogP contribution in [0.4, 0.5) is 0 Å². The van der Waals surface area contributed by atoms with Gasteiger partial charge >= 0.3 is 0 Å². The lowest BCUT2D eigenvalue weighted by Crippen LogP contribution is -2.27. The second-order valence-corrected chi connectivity index (χ2v) is 7.27. The summed E-state index contributed by atoms with van der Waals surface area (Å²) >= 11 is 0. The highest BCUT2D eigenvalue weighted by Gasteiger charge is 2.17. The molecule has 0 atom stereocenters. The first-order chi connectivity index (χ1) is 13.8. The summed E-state index contributed by atoms with van der Waals surface area (Å²) in [4.78, 5) is 9.56. The molecule has 2 N–H and O–H groups in total. The summed E-state index contributed by atoms with van der Waals surface area (Å²) in [5.41, 5.74) is 4.42. The summed E-state index contributed by atoms with van der Waals surface area (Å²) in [5, 5.41) is 4.90. The smallest absolute Gasteiger partial charge is 0.167 e. The van der Waals surface area contributed by atoms with E-state index in [0.29, 0.717) is 6.61 Å². The van der Waals surface area contributed by atoms with Crippen LogP contribution >= 0.6 is 0 Å². The predicted molar refractivity (Wildman–Crippen MR) is 118 cm³/mol. The van der Waals surface area contributed by atoms with Crippen LogP contribution in [-0.2, 0) is 0 Å². The molecule has 28 heavy (non-hydrogen) atoms. The lowest BCUT2D eigenvalue weighted by molar-refractivity contribution is 0.225. The maximum absolute atomic E-state index is 6.42. The average molecular weight is 371 g/mol. The van der Waals surface area contributed by atoms with E-state index in [1.165, 1.54) is 21.5 Å². The van der Waals surface area contributed by atoms with Crippen molar-refractivity contribution in [3.63, 3.8) is 0 Å². The molecule has 0 saturated heterocycles. The van der Waals surface area contributed by atoms with Crippen LogP contribution < -0.4 is 4.74 Å². The zero-order chi connectivity index (χ0) is 19.1. The van der Waals surface area contributed by atoms with Crippen LogP contribution in [0.5, 0.6) is 5.75 Å². The molecule has 5 rings (SSSR count). The zero-order valence-electron chi connectivity index (χ0n) is 16.4. The number of rotatable bonds is 6. The minimum absolute atomic E-state index is 0.667. The lowest BCUT2D eigenvalue weighted by Gasteiger charge is -2.18. The number of benzene rings is 3. The van der Waals surface area contributed by atoms with E-state index in [1.807, 2.05) is 0 Å². The van der Waals surface area contributed by atoms with Gasteiger partial charge in [0.25, 0.3) is 0 Å². The fourth-order valence-electron chi connectivity index (χ4n) is 4.22. The second kappa shape index (κ2) is 6.88. The number of H-pyrrole nitrogens is 2. The number of nitrogens with one attached hydrogen (secondary N) is 2. The van der Waals surface area contributed by atoms with Crippen LogP contribution in [0, 0.1) is 0 Å². The van der Waals surface area contributed by atoms with Gasteiger partial charge in [0.1, 0.15) is 6.61 Å². The van der Waals surface area contributed by atoms with E-state index in [4.69, 9.17) is 4.74 Å². The number of hydrogen-bond donors (Lipinski definition) is 2. The first kappa shape index (κ1) is 17.1. The minimum atomic E-state index is 0.667. The van der Waals surface area contributed by atoms with Gasteiger partial charge in [-0.1, -0.05) is 50.2 Å². The zero-order valence-corrected chi connectivity index (χ0v) is 16.4. The molecule has 4 nitrogen and oxygen atoms in total. The van der Waals surface area contributed by atoms with Crippen molar-refractivity contribution in [3.05, 3.63) is 54.6 Å². The van der Waals surface area contributed by atoms with Crippen LogP contribution in [0.3, 0.4) is 0 Å². The third kappa shape index (κ3) is 2.64. The Kier molecular flexibility index (Phi) is 4.21. The van der Waals surface area contributed by atoms with Crippen LogP contribution in [0.2, 0.25) is 0 Å². The SMILES string of the molecule is CCN(CC)CCOc1c2[nH]c3ccccc3c2cc2c1[nH]c1ccccc12. The molecule has 0 spiro atoms. The third-order valence-electron chi connectivity index (χ3n) is 5.78. The highest BCUT2D eigenvalue weighted by atomic mass is 16.5. The first-order valence-electron chi connectivity index (χ1n) is 10.1. The lowest BCUT2D eigenvalue weighted by atomic mass is 10.1. The fourth-order valence-corrected chi connectivity index (χ4v) is 4.22. The van der Waals surface area contributed by atoms with Gasteiger partial charge in [0.05, 0.1) is 11.0 Å². The molecule has 0 unspecified atom stereocenters. The summed E-state index contributed by atoms with van der Waals surface area (Å²) in [7, 11) is 0. The monoisotopic (exact) mass is 371 g/mol. The molecule has 0 aliphatic heterocycles. The molecule has 0 saturated carbocycles. The van der Waals surface area contributed by atoms with Crippen molar-refractivity contribution in [2.24, 2.45) is 0 Å². The van der Waals surface area contributed by atoms with Crippen molar-refractivity contribution >= 4 is 43.6 Å². The Bertz CT molecular complexity index is 1190. The summed E-state index contributed by atoms with van der Waals surface area (Å²) in [6.07, 6.45) is 0. The standard InChI is InChI=1S/C24H25N3O/c1-3-27(4-2)13-14-28-24-22-18(16-9-5-7-11-20(16)25-22)15-19-17-10-6-8-12-21(17)26-23(19)24/h5-12,15,25-26H,3-4,13-14H2,1-2H3. The van der Waals surface area contributed by atoms with Crippen LogP contribution in [0.15, 0.2) is 54.6 Å². The van der Waals surface area contributed by atoms with Gasteiger partial charge in [0.2, 0.25) is 0 Å². The van der Waals surface area contributed by atoms with Gasteiger partial charge in [-0.2, -0.15) is 0 Å². The molecule has 142 valence electrons. The molecule has 0 radical (unpaired) electrons. The van der Waals surface area contributed by atoms with E-state index < -0.39 is 0 Å². The molecule has 4 heteroatoms. The van der Waals surface area contributed by atoms with Crippen LogP contribution in [0.25, 0.3) is 43.6 Å². The summed E-state index contributed by atoms with van der Waals surface area (Å²) in [5.74, 6) is 0.923. The number of hydrogen-bond acceptors (Lipinski definition) is 2. The predicted octanol–water partition coefficient (Wildman–Crippen LogP) is 5.68. The van der Waals surface area contributed by atoms with Crippen molar-refractivity contribution < 1.29 is 4.74 Å². The Morgan fingerprint density at radius 3 is 1.82 bits per heavy atom. The molecule has 0 fully saturated rings. The van der Waals surface area contributed by atoms with E-state index in [0.717, 1.165) is 47.5 Å². The number of nitrogens with zero attached hydrogens (tertiary/aromatic N) is 1. The molecule has 0 amide bonds. The van der Waals surface area contributed by atoms with Crippen molar-refractivity contribution in [3.8, 4) is 5.75 Å². The maximum Gasteiger partial charge on any atom is 0.167 e. The highest BCUT2D eigenvalue weighted by Crippen LogP contribution is 2.40. The van der Waals surface area contributed by atoms with E-state index in [2.05, 4.69) is 83.3 Å². The molecule has 0 aliphatic rings. The number of likely N-dealkylation sites (N-methyl/N-ethyl adjacent to an activating group) is 1. The summed E-state index contributed by atoms with van der Waals surface area (Å²) in [6, 6.07) is 19.2. The van der Waals surface area contributed by atoms with Crippen molar-refractivity contribution in [1.29, 1.82) is 0 Å². The first-order valence-corrected chi connectivity index (χ1v) is 10.1. The van der Waals surface area contributed by atoms with Gasteiger partial charge < -0.3 is 19.6 Å². The van der Waals surface area contributed by atoms with E-state index >= 15 is 0 Å². The molecule has 0 bridgehead atoms. The van der Waals surface area contributed by atoms with Gasteiger partial charge in [-0.05, 0) is 31.3 Å². The molecular weight excluding hydrogens is 346 g/mol. The molecular formula is C24H25N3O. The Labute approximate surface area is 164 Å². The number of aromatic nitrogens is 2. The Morgan fingerprint density at radius 1 is 0.750 bits per heavy atom. The largest absolute Gasteiger partial charge is 0.488 e. The highest BCUT2D eigenvalue weighted by molar-refractivity contribution is 6.20. The molecule has 3 aromatic carbocycles. The molecule has 5 aromatic rings. The molecule has 2 aromatic heterocycles. The Balaban J connectivity index is 1.73. The van der Waals surface area contributed by atoms with Gasteiger partial charge in [-0.15, -0.1) is 0 Å². The van der Waals surface area contributed by atoms with Gasteiger partial charge in [0, 0.05) is 39.1 Å². The van der Waals surface area contributed by atoms with Gasteiger partial charge in [-0.25, -0.2) is 0 Å². The summed E-state index contributed by atoms with van der Waals surface area (Å²) < 4.78 is 6.42. The van der Waals surface area contributed by atoms with Crippen molar-refractivity contribution in [2.75, 3.05) is 26.2 Å². The van der Waals surface area contributed by atoms with Crippen molar-refractivity contribution in [1.82, 2.24) is 14.9 Å². The summed E-state index contributed by atoms with van der Waals surface area (Å²) in [6.45, 7) is 8.05. The fraction of sp³-hybridized carbons (Fsp3) is 0.250. The number of ether oxygens (including phenoxy) is 1. The number of fused-ring (bicyclic) bond motifs is 6. The number of aromatic amines is 2. The Hall–Kier alpha value is -2.98. The molecule has 0 aliphatic carbocycles. The van der Waals surface area contributed by atoms with Crippen LogP contribution in [0.1, 0.15) is 13.8 Å². The van der Waals surface area contributed by atoms with Gasteiger partial charge in [-0.3, -0.25) is 0 Å². The van der Waals surface area contributed by atoms with Crippen molar-refractivity contribution in [2.45, 2.75) is 13.8 Å². The second-order valence-electron chi connectivity index (χ2n) is 7.27. The topological polar surface area (TPSA) is 44.0 Å². The number of para-hydroxylation sites is 2. The average Bonchev–Trinajstić information content (AvgIpc) is 3.29. The van der Waals surface area contributed by atoms with E-state index in [1.54, 1.807) is 0 Å². The van der Waals surface area contributed by atoms with Crippen LogP contribution in [-0.4, -0.2) is 41.1 Å². The molecule has 2 heterocycles. The normalized spacial score (nSPS) is 12.1. The Morgan fingerprint density at radius 2 is 1.29 bits per heavy atom.